The van der Waals surface area contributed by atoms with Crippen molar-refractivity contribution >= 4 is 5.69 Å². The Morgan fingerprint density at radius 1 is 1.35 bits per heavy atom. The number of hydrogen-bond donors (Lipinski definition) is 1. The Morgan fingerprint density at radius 2 is 2.25 bits per heavy atom. The minimum absolute atomic E-state index is 0.728. The molecule has 3 rings (SSSR count). The summed E-state index contributed by atoms with van der Waals surface area (Å²) in [4.78, 5) is 2.52. The van der Waals surface area contributed by atoms with Crippen molar-refractivity contribution in [1.82, 2.24) is 4.90 Å². The topological polar surface area (TPSA) is 24.5 Å². The molecule has 3 nitrogen and oxygen atoms in total. The maximum absolute atomic E-state index is 5.87. The van der Waals surface area contributed by atoms with Gasteiger partial charge in [-0.2, -0.15) is 0 Å². The summed E-state index contributed by atoms with van der Waals surface area (Å²) in [6, 6.07) is 7.17. The number of rotatable bonds is 3. The molecule has 0 radical (unpaired) electrons. The van der Waals surface area contributed by atoms with Crippen LogP contribution in [0.15, 0.2) is 18.2 Å². The summed E-state index contributed by atoms with van der Waals surface area (Å²) in [6.45, 7) is 5.06. The molecular weight excluding hydrogens is 248 g/mol. The van der Waals surface area contributed by atoms with Crippen molar-refractivity contribution in [3.05, 3.63) is 23.8 Å². The van der Waals surface area contributed by atoms with Gasteiger partial charge in [-0.3, -0.25) is 4.90 Å². The first-order chi connectivity index (χ1) is 9.74. The highest BCUT2D eigenvalue weighted by Crippen LogP contribution is 2.33. The van der Waals surface area contributed by atoms with E-state index in [9.17, 15) is 0 Å². The van der Waals surface area contributed by atoms with Crippen LogP contribution in [-0.4, -0.2) is 31.1 Å². The smallest absolute Gasteiger partial charge is 0.146 e. The molecule has 0 amide bonds. The van der Waals surface area contributed by atoms with Crippen LogP contribution in [0.2, 0.25) is 0 Å². The molecule has 1 aromatic carbocycles. The third-order valence-electron chi connectivity index (χ3n) is 4.71. The van der Waals surface area contributed by atoms with Crippen LogP contribution in [0.1, 0.15) is 38.2 Å². The SMILES string of the molecule is CC1CCCC(N(C)Cc2cccc3c2OCCN3)C1. The summed E-state index contributed by atoms with van der Waals surface area (Å²) in [7, 11) is 2.26. The average molecular weight is 274 g/mol. The van der Waals surface area contributed by atoms with E-state index in [1.165, 1.54) is 31.2 Å². The van der Waals surface area contributed by atoms with E-state index in [4.69, 9.17) is 4.74 Å². The van der Waals surface area contributed by atoms with E-state index in [-0.39, 0.29) is 0 Å². The lowest BCUT2D eigenvalue weighted by Gasteiger charge is -2.34. The summed E-state index contributed by atoms with van der Waals surface area (Å²) in [6.07, 6.45) is 5.46. The van der Waals surface area contributed by atoms with E-state index in [0.717, 1.165) is 43.1 Å². The molecule has 1 aliphatic heterocycles. The third-order valence-corrected chi connectivity index (χ3v) is 4.71. The summed E-state index contributed by atoms with van der Waals surface area (Å²) in [5, 5.41) is 3.42. The summed E-state index contributed by atoms with van der Waals surface area (Å²) in [5.74, 6) is 1.94. The molecule has 1 fully saturated rings. The highest BCUT2D eigenvalue weighted by atomic mass is 16.5. The Bertz CT molecular complexity index is 460. The van der Waals surface area contributed by atoms with Gasteiger partial charge in [-0.1, -0.05) is 31.9 Å². The van der Waals surface area contributed by atoms with Crippen molar-refractivity contribution in [1.29, 1.82) is 0 Å². The van der Waals surface area contributed by atoms with Gasteiger partial charge >= 0.3 is 0 Å². The lowest BCUT2D eigenvalue weighted by atomic mass is 9.86. The molecule has 1 aromatic rings. The van der Waals surface area contributed by atoms with Gasteiger partial charge in [-0.15, -0.1) is 0 Å². The zero-order valence-electron chi connectivity index (χ0n) is 12.7. The Balaban J connectivity index is 1.71. The fourth-order valence-corrected chi connectivity index (χ4v) is 3.56. The first-order valence-electron chi connectivity index (χ1n) is 7.93. The van der Waals surface area contributed by atoms with Gasteiger partial charge in [-0.05, 0) is 31.9 Å². The molecule has 2 atom stereocenters. The fraction of sp³-hybridized carbons (Fsp3) is 0.647. The molecule has 1 N–H and O–H groups in total. The van der Waals surface area contributed by atoms with Gasteiger partial charge in [0.2, 0.25) is 0 Å². The van der Waals surface area contributed by atoms with Crippen LogP contribution in [-0.2, 0) is 6.54 Å². The normalized spacial score (nSPS) is 25.8. The Kier molecular flexibility index (Phi) is 4.16. The van der Waals surface area contributed by atoms with Crippen LogP contribution in [0, 0.1) is 5.92 Å². The van der Waals surface area contributed by atoms with Crippen LogP contribution < -0.4 is 10.1 Å². The molecule has 1 aliphatic carbocycles. The van der Waals surface area contributed by atoms with Gasteiger partial charge in [0.15, 0.2) is 0 Å². The van der Waals surface area contributed by atoms with Crippen molar-refractivity contribution in [2.75, 3.05) is 25.5 Å². The molecule has 1 saturated carbocycles. The van der Waals surface area contributed by atoms with Crippen LogP contribution in [0.4, 0.5) is 5.69 Å². The van der Waals surface area contributed by atoms with Gasteiger partial charge < -0.3 is 10.1 Å². The monoisotopic (exact) mass is 274 g/mol. The second kappa shape index (κ2) is 6.04. The molecule has 0 bridgehead atoms. The Hall–Kier alpha value is -1.22. The number of fused-ring (bicyclic) bond motifs is 1. The van der Waals surface area contributed by atoms with Gasteiger partial charge in [-0.25, -0.2) is 0 Å². The molecule has 2 aliphatic rings. The number of nitrogens with one attached hydrogen (secondary N) is 1. The van der Waals surface area contributed by atoms with E-state index in [1.807, 2.05) is 0 Å². The first-order valence-corrected chi connectivity index (χ1v) is 7.93. The van der Waals surface area contributed by atoms with Crippen molar-refractivity contribution in [2.24, 2.45) is 5.92 Å². The van der Waals surface area contributed by atoms with E-state index in [2.05, 4.69) is 42.4 Å². The number of nitrogens with zero attached hydrogens (tertiary/aromatic N) is 1. The highest BCUT2D eigenvalue weighted by molar-refractivity contribution is 5.61. The van der Waals surface area contributed by atoms with Crippen LogP contribution >= 0.6 is 0 Å². The molecule has 110 valence electrons. The summed E-state index contributed by atoms with van der Waals surface area (Å²) < 4.78 is 5.87. The lowest BCUT2D eigenvalue weighted by molar-refractivity contribution is 0.156. The van der Waals surface area contributed by atoms with Crippen LogP contribution in [0.5, 0.6) is 5.75 Å². The zero-order valence-corrected chi connectivity index (χ0v) is 12.7. The van der Waals surface area contributed by atoms with Crippen LogP contribution in [0.3, 0.4) is 0 Å². The van der Waals surface area contributed by atoms with E-state index >= 15 is 0 Å². The number of anilines is 1. The number of ether oxygens (including phenoxy) is 1. The van der Waals surface area contributed by atoms with Crippen molar-refractivity contribution in [3.8, 4) is 5.75 Å². The molecule has 0 spiro atoms. The van der Waals surface area contributed by atoms with Crippen molar-refractivity contribution in [2.45, 2.75) is 45.2 Å². The Morgan fingerprint density at radius 3 is 3.10 bits per heavy atom. The second-order valence-corrected chi connectivity index (χ2v) is 6.41. The molecule has 2 unspecified atom stereocenters. The van der Waals surface area contributed by atoms with Gasteiger partial charge in [0, 0.05) is 24.7 Å². The first kappa shape index (κ1) is 13.7. The zero-order chi connectivity index (χ0) is 13.9. The standard InChI is InChI=1S/C17H26N2O/c1-13-5-3-7-15(11-13)19(2)12-14-6-4-8-16-17(14)20-10-9-18-16/h4,6,8,13,15,18H,3,5,7,9-12H2,1-2H3. The minimum Gasteiger partial charge on any atom is -0.489 e. The molecule has 0 saturated heterocycles. The largest absolute Gasteiger partial charge is 0.489 e. The maximum Gasteiger partial charge on any atom is 0.146 e. The van der Waals surface area contributed by atoms with Gasteiger partial charge in [0.1, 0.15) is 12.4 Å². The molecule has 3 heteroatoms. The quantitative estimate of drug-likeness (QED) is 0.913. The lowest BCUT2D eigenvalue weighted by Crippen LogP contribution is -2.35. The highest BCUT2D eigenvalue weighted by Gasteiger charge is 2.23. The third kappa shape index (κ3) is 2.93. The van der Waals surface area contributed by atoms with E-state index in [0.29, 0.717) is 0 Å². The maximum atomic E-state index is 5.87. The van der Waals surface area contributed by atoms with E-state index < -0.39 is 0 Å². The van der Waals surface area contributed by atoms with Gasteiger partial charge in [0.25, 0.3) is 0 Å². The predicted octanol–water partition coefficient (Wildman–Crippen LogP) is 3.50. The Labute approximate surface area is 122 Å². The molecule has 1 heterocycles. The predicted molar refractivity (Wildman–Crippen MR) is 83.3 cm³/mol. The fourth-order valence-electron chi connectivity index (χ4n) is 3.56. The van der Waals surface area contributed by atoms with Gasteiger partial charge in [0.05, 0.1) is 5.69 Å². The summed E-state index contributed by atoms with van der Waals surface area (Å²) >= 11 is 0. The minimum atomic E-state index is 0.728. The second-order valence-electron chi connectivity index (χ2n) is 6.41. The number of hydrogen-bond acceptors (Lipinski definition) is 3. The molecular formula is C17H26N2O. The van der Waals surface area contributed by atoms with Crippen molar-refractivity contribution < 1.29 is 4.74 Å². The molecule has 0 aromatic heterocycles. The number of para-hydroxylation sites is 1. The van der Waals surface area contributed by atoms with E-state index in [1.54, 1.807) is 0 Å². The van der Waals surface area contributed by atoms with Crippen LogP contribution in [0.25, 0.3) is 0 Å². The molecule has 20 heavy (non-hydrogen) atoms. The number of benzene rings is 1. The average Bonchev–Trinajstić information content (AvgIpc) is 2.47. The van der Waals surface area contributed by atoms with Crippen molar-refractivity contribution in [3.63, 3.8) is 0 Å². The summed E-state index contributed by atoms with van der Waals surface area (Å²) in [5.41, 5.74) is 2.47.